The van der Waals surface area contributed by atoms with Crippen LogP contribution in [-0.2, 0) is 9.59 Å². The number of hydrogen-bond donors (Lipinski definition) is 2. The number of aromatic nitrogens is 3. The Hall–Kier alpha value is -2.74. The van der Waals surface area contributed by atoms with Crippen LogP contribution in [0.3, 0.4) is 0 Å². The highest BCUT2D eigenvalue weighted by atomic mass is 16.2. The standard InChI is InChI=1S/C21H30N6O2/c1-14(2)27-19(8-11-22-27)25-20(28)16(4)26-12-9-17(10-13-26)21(29)24-18-7-5-6-15(3)23-18/h5-8,11,14,16-17H,9-10,12-13H2,1-4H3,(H,25,28)(H,23,24,29)/t16-/m1/s1. The molecule has 3 heterocycles. The lowest BCUT2D eigenvalue weighted by Gasteiger charge is -2.34. The van der Waals surface area contributed by atoms with E-state index in [-0.39, 0.29) is 29.8 Å². The van der Waals surface area contributed by atoms with Gasteiger partial charge >= 0.3 is 0 Å². The van der Waals surface area contributed by atoms with Crippen molar-refractivity contribution in [3.8, 4) is 0 Å². The molecule has 0 saturated carbocycles. The molecule has 0 aromatic carbocycles. The Kier molecular flexibility index (Phi) is 6.64. The fourth-order valence-corrected chi connectivity index (χ4v) is 3.61. The van der Waals surface area contributed by atoms with Gasteiger partial charge in [0.1, 0.15) is 11.6 Å². The number of nitrogens with zero attached hydrogens (tertiary/aromatic N) is 4. The first-order valence-electron chi connectivity index (χ1n) is 10.2. The van der Waals surface area contributed by atoms with Gasteiger partial charge in [0.15, 0.2) is 0 Å². The summed E-state index contributed by atoms with van der Waals surface area (Å²) in [7, 11) is 0. The lowest BCUT2D eigenvalue weighted by atomic mass is 9.95. The maximum absolute atomic E-state index is 12.7. The monoisotopic (exact) mass is 398 g/mol. The fourth-order valence-electron chi connectivity index (χ4n) is 3.61. The SMILES string of the molecule is Cc1cccc(NC(=O)C2CCN([C@H](C)C(=O)Nc3ccnn3C(C)C)CC2)n1. The van der Waals surface area contributed by atoms with E-state index in [1.54, 1.807) is 23.0 Å². The first kappa shape index (κ1) is 21.0. The van der Waals surface area contributed by atoms with Crippen LogP contribution in [-0.4, -0.2) is 50.6 Å². The van der Waals surface area contributed by atoms with Gasteiger partial charge in [-0.1, -0.05) is 6.07 Å². The number of hydrogen-bond acceptors (Lipinski definition) is 5. The molecule has 2 aromatic rings. The molecule has 1 fully saturated rings. The Morgan fingerprint density at radius 2 is 1.83 bits per heavy atom. The van der Waals surface area contributed by atoms with Crippen LogP contribution in [0.25, 0.3) is 0 Å². The van der Waals surface area contributed by atoms with Crippen LogP contribution < -0.4 is 10.6 Å². The van der Waals surface area contributed by atoms with Gasteiger partial charge < -0.3 is 10.6 Å². The molecule has 0 radical (unpaired) electrons. The first-order valence-corrected chi connectivity index (χ1v) is 10.2. The number of carbonyl (C=O) groups is 2. The van der Waals surface area contributed by atoms with E-state index in [2.05, 4.69) is 25.6 Å². The molecule has 1 saturated heterocycles. The summed E-state index contributed by atoms with van der Waals surface area (Å²) in [6, 6.07) is 7.29. The Morgan fingerprint density at radius 1 is 1.10 bits per heavy atom. The second kappa shape index (κ2) is 9.17. The zero-order valence-corrected chi connectivity index (χ0v) is 17.6. The van der Waals surface area contributed by atoms with Crippen molar-refractivity contribution in [1.29, 1.82) is 0 Å². The number of pyridine rings is 1. The third-order valence-corrected chi connectivity index (χ3v) is 5.38. The summed E-state index contributed by atoms with van der Waals surface area (Å²) in [5.74, 6) is 1.18. The van der Waals surface area contributed by atoms with Gasteiger partial charge in [0.2, 0.25) is 11.8 Å². The maximum atomic E-state index is 12.7. The zero-order valence-electron chi connectivity index (χ0n) is 17.6. The predicted molar refractivity (Wildman–Crippen MR) is 113 cm³/mol. The van der Waals surface area contributed by atoms with E-state index in [1.165, 1.54) is 0 Å². The lowest BCUT2D eigenvalue weighted by Crippen LogP contribution is -2.47. The molecule has 156 valence electrons. The first-order chi connectivity index (χ1) is 13.8. The van der Waals surface area contributed by atoms with E-state index in [9.17, 15) is 9.59 Å². The van der Waals surface area contributed by atoms with Crippen molar-refractivity contribution in [2.24, 2.45) is 5.92 Å². The molecule has 0 aliphatic carbocycles. The Balaban J connectivity index is 1.51. The number of nitrogens with one attached hydrogen (secondary N) is 2. The molecule has 2 aromatic heterocycles. The molecule has 1 aliphatic heterocycles. The summed E-state index contributed by atoms with van der Waals surface area (Å²) in [4.78, 5) is 31.7. The molecule has 8 heteroatoms. The summed E-state index contributed by atoms with van der Waals surface area (Å²) in [5, 5.41) is 10.1. The van der Waals surface area contributed by atoms with Gasteiger partial charge in [0.25, 0.3) is 0 Å². The van der Waals surface area contributed by atoms with Crippen LogP contribution in [0.4, 0.5) is 11.6 Å². The Labute approximate surface area is 171 Å². The second-order valence-corrected chi connectivity index (χ2v) is 7.88. The average molecular weight is 399 g/mol. The third kappa shape index (κ3) is 5.20. The fraction of sp³-hybridized carbons (Fsp3) is 0.524. The van der Waals surface area contributed by atoms with Crippen LogP contribution in [0.2, 0.25) is 0 Å². The van der Waals surface area contributed by atoms with E-state index < -0.39 is 0 Å². The molecule has 1 aliphatic rings. The summed E-state index contributed by atoms with van der Waals surface area (Å²) in [6.45, 7) is 9.26. The second-order valence-electron chi connectivity index (χ2n) is 7.88. The van der Waals surface area contributed by atoms with Gasteiger partial charge in [-0.3, -0.25) is 14.5 Å². The number of rotatable bonds is 6. The van der Waals surface area contributed by atoms with E-state index in [4.69, 9.17) is 0 Å². The van der Waals surface area contributed by atoms with Gasteiger partial charge in [-0.25, -0.2) is 9.67 Å². The molecule has 0 bridgehead atoms. The van der Waals surface area contributed by atoms with E-state index in [0.717, 1.165) is 18.5 Å². The van der Waals surface area contributed by atoms with Crippen molar-refractivity contribution in [2.45, 2.75) is 52.6 Å². The van der Waals surface area contributed by atoms with E-state index in [0.29, 0.717) is 24.7 Å². The Morgan fingerprint density at radius 3 is 2.48 bits per heavy atom. The predicted octanol–water partition coefficient (Wildman–Crippen LogP) is 2.85. The summed E-state index contributed by atoms with van der Waals surface area (Å²) in [5.41, 5.74) is 0.872. The largest absolute Gasteiger partial charge is 0.310 e. The van der Waals surface area contributed by atoms with Crippen molar-refractivity contribution in [1.82, 2.24) is 19.7 Å². The molecular weight excluding hydrogens is 368 g/mol. The number of piperidine rings is 1. The molecule has 0 unspecified atom stereocenters. The van der Waals surface area contributed by atoms with E-state index >= 15 is 0 Å². The highest BCUT2D eigenvalue weighted by molar-refractivity contribution is 5.94. The van der Waals surface area contributed by atoms with Crippen LogP contribution >= 0.6 is 0 Å². The maximum Gasteiger partial charge on any atom is 0.242 e. The molecule has 2 N–H and O–H groups in total. The summed E-state index contributed by atoms with van der Waals surface area (Å²) < 4.78 is 1.79. The minimum absolute atomic E-state index is 0.000639. The van der Waals surface area contributed by atoms with Gasteiger partial charge in [0, 0.05) is 23.7 Å². The minimum Gasteiger partial charge on any atom is -0.310 e. The normalized spacial score (nSPS) is 16.6. The number of aryl methyl sites for hydroxylation is 1. The smallest absolute Gasteiger partial charge is 0.242 e. The van der Waals surface area contributed by atoms with Gasteiger partial charge in [-0.2, -0.15) is 5.10 Å². The lowest BCUT2D eigenvalue weighted by molar-refractivity contribution is -0.123. The highest BCUT2D eigenvalue weighted by Gasteiger charge is 2.30. The summed E-state index contributed by atoms with van der Waals surface area (Å²) >= 11 is 0. The van der Waals surface area contributed by atoms with Crippen molar-refractivity contribution in [2.75, 3.05) is 23.7 Å². The number of amides is 2. The quantitative estimate of drug-likeness (QED) is 0.781. The molecule has 29 heavy (non-hydrogen) atoms. The molecule has 0 spiro atoms. The van der Waals surface area contributed by atoms with Gasteiger partial charge in [-0.05, 0) is 65.8 Å². The van der Waals surface area contributed by atoms with Crippen molar-refractivity contribution < 1.29 is 9.59 Å². The van der Waals surface area contributed by atoms with Crippen LogP contribution in [0.15, 0.2) is 30.5 Å². The van der Waals surface area contributed by atoms with Gasteiger partial charge in [0.05, 0.1) is 12.2 Å². The number of carbonyl (C=O) groups excluding carboxylic acids is 2. The number of likely N-dealkylation sites (tertiary alicyclic amines) is 1. The Bertz CT molecular complexity index is 854. The van der Waals surface area contributed by atoms with Crippen molar-refractivity contribution in [3.05, 3.63) is 36.2 Å². The summed E-state index contributed by atoms with van der Waals surface area (Å²) in [6.07, 6.45) is 3.13. The topological polar surface area (TPSA) is 92.2 Å². The van der Waals surface area contributed by atoms with Crippen LogP contribution in [0.5, 0.6) is 0 Å². The minimum atomic E-state index is -0.270. The molecule has 8 nitrogen and oxygen atoms in total. The molecular formula is C21H30N6O2. The molecule has 3 rings (SSSR count). The van der Waals surface area contributed by atoms with Crippen molar-refractivity contribution >= 4 is 23.5 Å². The van der Waals surface area contributed by atoms with Gasteiger partial charge in [-0.15, -0.1) is 0 Å². The van der Waals surface area contributed by atoms with E-state index in [1.807, 2.05) is 39.8 Å². The van der Waals surface area contributed by atoms with Crippen LogP contribution in [0, 0.1) is 12.8 Å². The third-order valence-electron chi connectivity index (χ3n) is 5.38. The van der Waals surface area contributed by atoms with Crippen molar-refractivity contribution in [3.63, 3.8) is 0 Å². The average Bonchev–Trinajstić information content (AvgIpc) is 3.16. The zero-order chi connectivity index (χ0) is 21.0. The molecule has 1 atom stereocenters. The molecule has 2 amide bonds. The number of anilines is 2. The van der Waals surface area contributed by atoms with Crippen LogP contribution in [0.1, 0.15) is 45.3 Å². The highest BCUT2D eigenvalue weighted by Crippen LogP contribution is 2.22.